The van der Waals surface area contributed by atoms with Crippen LogP contribution in [0.2, 0.25) is 10.0 Å². The molecule has 4 aromatic carbocycles. The standard InChI is InChI=1S/C28H23Cl2NO3S/c1-2-33-25-15-20(28-31(26(32)17-35-28)22-12-10-21(29)11-13-22)14-24(30)27(25)34-16-19-8-5-7-18-6-3-4-9-23(18)19/h3-15,28H,2,16-17H2,1H3/t28-/m0/s1. The van der Waals surface area contributed by atoms with Crippen molar-refractivity contribution in [2.75, 3.05) is 17.3 Å². The fraction of sp³-hybridized carbons (Fsp3) is 0.179. The number of halogens is 2. The Morgan fingerprint density at radius 2 is 1.74 bits per heavy atom. The van der Waals surface area contributed by atoms with Crippen LogP contribution < -0.4 is 14.4 Å². The van der Waals surface area contributed by atoms with Crippen molar-refractivity contribution in [2.24, 2.45) is 0 Å². The molecule has 4 aromatic rings. The number of thioether (sulfide) groups is 1. The fourth-order valence-electron chi connectivity index (χ4n) is 4.25. The monoisotopic (exact) mass is 523 g/mol. The summed E-state index contributed by atoms with van der Waals surface area (Å²) in [6, 6.07) is 25.4. The first kappa shape index (κ1) is 23.9. The Morgan fingerprint density at radius 1 is 0.971 bits per heavy atom. The lowest BCUT2D eigenvalue weighted by Gasteiger charge is -2.25. The van der Waals surface area contributed by atoms with Gasteiger partial charge in [0.1, 0.15) is 12.0 Å². The van der Waals surface area contributed by atoms with Crippen LogP contribution in [0.25, 0.3) is 10.8 Å². The van der Waals surface area contributed by atoms with E-state index in [2.05, 4.69) is 24.3 Å². The van der Waals surface area contributed by atoms with Gasteiger partial charge < -0.3 is 9.47 Å². The number of benzene rings is 4. The molecule has 35 heavy (non-hydrogen) atoms. The van der Waals surface area contributed by atoms with Gasteiger partial charge in [-0.2, -0.15) is 0 Å². The second-order valence-electron chi connectivity index (χ2n) is 8.09. The summed E-state index contributed by atoms with van der Waals surface area (Å²) < 4.78 is 12.2. The molecule has 0 aromatic heterocycles. The summed E-state index contributed by atoms with van der Waals surface area (Å²) in [5, 5.41) is 3.14. The summed E-state index contributed by atoms with van der Waals surface area (Å²) in [4.78, 5) is 14.5. The lowest BCUT2D eigenvalue weighted by atomic mass is 10.1. The summed E-state index contributed by atoms with van der Waals surface area (Å²) in [6.07, 6.45) is 0. The van der Waals surface area contributed by atoms with Crippen LogP contribution in [0.3, 0.4) is 0 Å². The molecule has 1 saturated heterocycles. The molecule has 0 radical (unpaired) electrons. The molecule has 1 atom stereocenters. The highest BCUT2D eigenvalue weighted by Gasteiger charge is 2.35. The maximum Gasteiger partial charge on any atom is 0.238 e. The second kappa shape index (κ2) is 10.4. The van der Waals surface area contributed by atoms with Gasteiger partial charge in [-0.1, -0.05) is 65.7 Å². The van der Waals surface area contributed by atoms with E-state index in [1.54, 1.807) is 28.8 Å². The van der Waals surface area contributed by atoms with Gasteiger partial charge in [-0.05, 0) is 65.2 Å². The Morgan fingerprint density at radius 3 is 2.54 bits per heavy atom. The Kier molecular flexibility index (Phi) is 7.09. The molecule has 1 aliphatic rings. The number of carbonyl (C=O) groups excluding carboxylic acids is 1. The number of amides is 1. The van der Waals surface area contributed by atoms with E-state index in [-0.39, 0.29) is 11.3 Å². The average Bonchev–Trinajstić information content (AvgIpc) is 3.25. The summed E-state index contributed by atoms with van der Waals surface area (Å²) in [5.74, 6) is 1.48. The van der Waals surface area contributed by atoms with E-state index in [1.807, 2.05) is 49.4 Å². The summed E-state index contributed by atoms with van der Waals surface area (Å²) in [7, 11) is 0. The summed E-state index contributed by atoms with van der Waals surface area (Å²) >= 11 is 14.4. The molecule has 0 aliphatic carbocycles. The first-order valence-electron chi connectivity index (χ1n) is 11.3. The molecular formula is C28H23Cl2NO3S. The van der Waals surface area contributed by atoms with Crippen LogP contribution in [-0.2, 0) is 11.4 Å². The highest BCUT2D eigenvalue weighted by molar-refractivity contribution is 8.00. The number of ether oxygens (including phenoxy) is 2. The number of anilines is 1. The van der Waals surface area contributed by atoms with Crippen LogP contribution in [0, 0.1) is 0 Å². The molecule has 0 bridgehead atoms. The average molecular weight is 524 g/mol. The largest absolute Gasteiger partial charge is 0.490 e. The molecule has 0 N–H and O–H groups in total. The first-order valence-corrected chi connectivity index (χ1v) is 13.1. The number of carbonyl (C=O) groups is 1. The molecule has 1 fully saturated rings. The van der Waals surface area contributed by atoms with Crippen molar-refractivity contribution in [2.45, 2.75) is 18.9 Å². The third-order valence-corrected chi connectivity index (χ3v) is 7.59. The molecule has 1 amide bonds. The zero-order valence-electron chi connectivity index (χ0n) is 19.0. The Labute approximate surface area is 218 Å². The van der Waals surface area contributed by atoms with Crippen molar-refractivity contribution < 1.29 is 14.3 Å². The minimum absolute atomic E-state index is 0.0349. The van der Waals surface area contributed by atoms with Crippen LogP contribution in [0.4, 0.5) is 5.69 Å². The minimum Gasteiger partial charge on any atom is -0.490 e. The molecule has 4 nitrogen and oxygen atoms in total. The highest BCUT2D eigenvalue weighted by atomic mass is 35.5. The van der Waals surface area contributed by atoms with Crippen LogP contribution in [0.5, 0.6) is 11.5 Å². The normalized spacial score (nSPS) is 15.6. The second-order valence-corrected chi connectivity index (χ2v) is 10.0. The topological polar surface area (TPSA) is 38.8 Å². The minimum atomic E-state index is -0.229. The third kappa shape index (κ3) is 4.94. The highest BCUT2D eigenvalue weighted by Crippen LogP contribution is 2.46. The molecule has 7 heteroatoms. The van der Waals surface area contributed by atoms with Crippen molar-refractivity contribution >= 4 is 57.3 Å². The maximum absolute atomic E-state index is 12.8. The number of fused-ring (bicyclic) bond motifs is 1. The summed E-state index contributed by atoms with van der Waals surface area (Å²) in [5.41, 5.74) is 2.73. The maximum atomic E-state index is 12.8. The number of nitrogens with zero attached hydrogens (tertiary/aromatic N) is 1. The zero-order valence-corrected chi connectivity index (χ0v) is 21.4. The Bertz CT molecular complexity index is 1370. The number of hydrogen-bond acceptors (Lipinski definition) is 4. The fourth-order valence-corrected chi connectivity index (χ4v) is 5.81. The van der Waals surface area contributed by atoms with Crippen molar-refractivity contribution in [3.8, 4) is 11.5 Å². The third-order valence-electron chi connectivity index (χ3n) is 5.84. The Hall–Kier alpha value is -2.86. The van der Waals surface area contributed by atoms with Crippen LogP contribution >= 0.6 is 35.0 Å². The Balaban J connectivity index is 1.46. The smallest absolute Gasteiger partial charge is 0.238 e. The van der Waals surface area contributed by atoms with Gasteiger partial charge in [0.25, 0.3) is 0 Å². The van der Waals surface area contributed by atoms with E-state index >= 15 is 0 Å². The lowest BCUT2D eigenvalue weighted by Crippen LogP contribution is -2.27. The van der Waals surface area contributed by atoms with E-state index in [4.69, 9.17) is 32.7 Å². The van der Waals surface area contributed by atoms with E-state index in [0.29, 0.717) is 40.5 Å². The van der Waals surface area contributed by atoms with E-state index in [1.165, 1.54) is 0 Å². The van der Waals surface area contributed by atoms with Crippen molar-refractivity contribution in [3.05, 3.63) is 100 Å². The quantitative estimate of drug-likeness (QED) is 0.246. The van der Waals surface area contributed by atoms with Gasteiger partial charge in [-0.15, -0.1) is 11.8 Å². The molecule has 178 valence electrons. The zero-order chi connectivity index (χ0) is 24.4. The SMILES string of the molecule is CCOc1cc([C@@H]2SCC(=O)N2c2ccc(Cl)cc2)cc(Cl)c1OCc1cccc2ccccc12. The molecule has 0 saturated carbocycles. The lowest BCUT2D eigenvalue weighted by molar-refractivity contribution is -0.115. The van der Waals surface area contributed by atoms with Gasteiger partial charge in [0, 0.05) is 10.7 Å². The van der Waals surface area contributed by atoms with Crippen LogP contribution in [-0.4, -0.2) is 18.3 Å². The van der Waals surface area contributed by atoms with Crippen LogP contribution in [0.1, 0.15) is 23.4 Å². The number of rotatable bonds is 7. The molecule has 1 aliphatic heterocycles. The number of hydrogen-bond donors (Lipinski definition) is 0. The summed E-state index contributed by atoms with van der Waals surface area (Å²) in [6.45, 7) is 2.74. The van der Waals surface area contributed by atoms with Gasteiger partial charge in [0.15, 0.2) is 11.5 Å². The molecule has 0 unspecified atom stereocenters. The van der Waals surface area contributed by atoms with Crippen molar-refractivity contribution in [1.29, 1.82) is 0 Å². The predicted molar refractivity (Wildman–Crippen MR) is 145 cm³/mol. The van der Waals surface area contributed by atoms with Gasteiger partial charge in [-0.3, -0.25) is 9.69 Å². The molecular weight excluding hydrogens is 501 g/mol. The predicted octanol–water partition coefficient (Wildman–Crippen LogP) is 7.90. The molecule has 1 heterocycles. The molecule has 5 rings (SSSR count). The van der Waals surface area contributed by atoms with Gasteiger partial charge in [0.2, 0.25) is 5.91 Å². The van der Waals surface area contributed by atoms with Gasteiger partial charge in [0.05, 0.1) is 17.4 Å². The van der Waals surface area contributed by atoms with Gasteiger partial charge >= 0.3 is 0 Å². The van der Waals surface area contributed by atoms with Gasteiger partial charge in [-0.25, -0.2) is 0 Å². The van der Waals surface area contributed by atoms with E-state index < -0.39 is 0 Å². The van der Waals surface area contributed by atoms with E-state index in [9.17, 15) is 4.79 Å². The van der Waals surface area contributed by atoms with Crippen LogP contribution in [0.15, 0.2) is 78.9 Å². The van der Waals surface area contributed by atoms with E-state index in [0.717, 1.165) is 27.6 Å². The van der Waals surface area contributed by atoms with Crippen molar-refractivity contribution in [3.63, 3.8) is 0 Å². The first-order chi connectivity index (χ1) is 17.0. The molecule has 0 spiro atoms. The van der Waals surface area contributed by atoms with Crippen molar-refractivity contribution in [1.82, 2.24) is 0 Å².